The van der Waals surface area contributed by atoms with Crippen LogP contribution in [0.25, 0.3) is 0 Å². The van der Waals surface area contributed by atoms with Gasteiger partial charge >= 0.3 is 12.1 Å². The smallest absolute Gasteiger partial charge is 0.416 e. The third-order valence-electron chi connectivity index (χ3n) is 3.91. The van der Waals surface area contributed by atoms with Gasteiger partial charge in [-0.3, -0.25) is 0 Å². The number of esters is 1. The number of nitrogen functional groups attached to an aromatic ring is 1. The summed E-state index contributed by atoms with van der Waals surface area (Å²) in [6.45, 7) is 0. The van der Waals surface area contributed by atoms with Crippen molar-refractivity contribution in [1.82, 2.24) is 9.19 Å². The number of nitrogens with two attached hydrogens (primary N) is 1. The molecule has 3 rings (SSSR count). The molecule has 0 saturated heterocycles. The van der Waals surface area contributed by atoms with Crippen molar-refractivity contribution in [3.63, 3.8) is 0 Å². The van der Waals surface area contributed by atoms with Crippen molar-refractivity contribution in [2.24, 2.45) is 0 Å². The lowest BCUT2D eigenvalue weighted by Gasteiger charge is -2.09. The van der Waals surface area contributed by atoms with Crippen LogP contribution in [-0.4, -0.2) is 30.7 Å². The molecule has 0 aliphatic heterocycles. The summed E-state index contributed by atoms with van der Waals surface area (Å²) in [6, 6.07) is 9.72. The lowest BCUT2D eigenvalue weighted by atomic mass is 10.2. The zero-order chi connectivity index (χ0) is 22.1. The van der Waals surface area contributed by atoms with E-state index < -0.39 is 44.3 Å². The average molecular weight is 441 g/mol. The van der Waals surface area contributed by atoms with Gasteiger partial charge in [0, 0.05) is 6.07 Å². The van der Waals surface area contributed by atoms with Gasteiger partial charge in [0.1, 0.15) is 11.6 Å². The van der Waals surface area contributed by atoms with E-state index in [2.05, 4.69) is 5.10 Å². The SMILES string of the molecule is COc1ccc(C(=O)Oc2cc(N)n(S(=O)(=O)c3ccc(C(F)(F)F)cc3)n2)cc1. The Kier molecular flexibility index (Phi) is 5.44. The fourth-order valence-corrected chi connectivity index (χ4v) is 3.59. The number of hydrogen-bond donors (Lipinski definition) is 1. The molecule has 0 radical (unpaired) electrons. The Bertz CT molecular complexity index is 1170. The molecular weight excluding hydrogens is 427 g/mol. The summed E-state index contributed by atoms with van der Waals surface area (Å²) >= 11 is 0. The van der Waals surface area contributed by atoms with Gasteiger partial charge in [0.15, 0.2) is 0 Å². The highest BCUT2D eigenvalue weighted by Crippen LogP contribution is 2.30. The van der Waals surface area contributed by atoms with Gasteiger partial charge in [-0.15, -0.1) is 9.19 Å². The van der Waals surface area contributed by atoms with Crippen molar-refractivity contribution in [3.05, 3.63) is 65.7 Å². The molecule has 30 heavy (non-hydrogen) atoms. The molecule has 0 aliphatic carbocycles. The molecule has 3 aromatic rings. The van der Waals surface area contributed by atoms with E-state index in [0.717, 1.165) is 18.2 Å². The van der Waals surface area contributed by atoms with Gasteiger partial charge in [-0.05, 0) is 48.5 Å². The maximum Gasteiger partial charge on any atom is 0.416 e. The van der Waals surface area contributed by atoms with Crippen molar-refractivity contribution >= 4 is 21.8 Å². The number of rotatable bonds is 5. The van der Waals surface area contributed by atoms with Crippen LogP contribution in [0.2, 0.25) is 0 Å². The third-order valence-corrected chi connectivity index (χ3v) is 5.53. The van der Waals surface area contributed by atoms with Gasteiger partial charge in [-0.1, -0.05) is 0 Å². The Morgan fingerprint density at radius 1 is 1.07 bits per heavy atom. The van der Waals surface area contributed by atoms with Crippen LogP contribution in [0.4, 0.5) is 19.0 Å². The quantitative estimate of drug-likeness (QED) is 0.606. The van der Waals surface area contributed by atoms with E-state index in [9.17, 15) is 26.4 Å². The van der Waals surface area contributed by atoms with Crippen LogP contribution < -0.4 is 15.2 Å². The van der Waals surface area contributed by atoms with Crippen molar-refractivity contribution in [1.29, 1.82) is 0 Å². The number of hydrogen-bond acceptors (Lipinski definition) is 7. The molecule has 0 atom stereocenters. The minimum absolute atomic E-state index is 0.148. The first-order valence-electron chi connectivity index (χ1n) is 8.17. The number of ether oxygens (including phenoxy) is 2. The second-order valence-corrected chi connectivity index (χ2v) is 7.66. The molecule has 2 N–H and O–H groups in total. The minimum atomic E-state index is -4.62. The van der Waals surface area contributed by atoms with E-state index in [1.165, 1.54) is 31.4 Å². The number of benzene rings is 2. The molecule has 158 valence electrons. The normalized spacial score (nSPS) is 11.9. The van der Waals surface area contributed by atoms with Crippen molar-refractivity contribution in [3.8, 4) is 11.6 Å². The summed E-state index contributed by atoms with van der Waals surface area (Å²) in [7, 11) is -2.96. The number of nitrogens with zero attached hydrogens (tertiary/aromatic N) is 2. The number of carbonyl (C=O) groups excluding carboxylic acids is 1. The Morgan fingerprint density at radius 2 is 1.67 bits per heavy atom. The molecule has 0 bridgehead atoms. The number of alkyl halides is 3. The van der Waals surface area contributed by atoms with Gasteiger partial charge in [0.2, 0.25) is 5.88 Å². The molecule has 0 spiro atoms. The van der Waals surface area contributed by atoms with E-state index in [1.54, 1.807) is 0 Å². The van der Waals surface area contributed by atoms with Crippen LogP contribution in [0.5, 0.6) is 11.6 Å². The topological polar surface area (TPSA) is 114 Å². The minimum Gasteiger partial charge on any atom is -0.497 e. The zero-order valence-electron chi connectivity index (χ0n) is 15.3. The largest absolute Gasteiger partial charge is 0.497 e. The first-order valence-corrected chi connectivity index (χ1v) is 9.61. The van der Waals surface area contributed by atoms with Crippen molar-refractivity contribution in [2.45, 2.75) is 11.1 Å². The van der Waals surface area contributed by atoms with Gasteiger partial charge in [-0.2, -0.15) is 21.6 Å². The predicted octanol–water partition coefficient (Wildman–Crippen LogP) is 2.95. The van der Waals surface area contributed by atoms with Crippen LogP contribution in [0, 0.1) is 0 Å². The van der Waals surface area contributed by atoms with Crippen molar-refractivity contribution < 1.29 is 35.9 Å². The number of methoxy groups -OCH3 is 1. The number of aromatic nitrogens is 2. The standard InChI is InChI=1S/C18H14F3N3O5S/c1-28-13-6-2-11(3-7-13)17(25)29-16-10-15(22)24(23-16)30(26,27)14-8-4-12(5-9-14)18(19,20)21/h2-10H,22H2,1H3. The van der Waals surface area contributed by atoms with E-state index in [4.69, 9.17) is 15.2 Å². The fourth-order valence-electron chi connectivity index (χ4n) is 2.40. The molecule has 0 aliphatic rings. The maximum absolute atomic E-state index is 12.7. The Balaban J connectivity index is 1.84. The number of halogens is 3. The highest BCUT2D eigenvalue weighted by atomic mass is 32.2. The fraction of sp³-hybridized carbons (Fsp3) is 0.111. The molecule has 0 saturated carbocycles. The summed E-state index contributed by atoms with van der Waals surface area (Å²) < 4.78 is 73.7. The highest BCUT2D eigenvalue weighted by molar-refractivity contribution is 7.90. The molecule has 0 amide bonds. The molecule has 0 fully saturated rings. The van der Waals surface area contributed by atoms with E-state index in [-0.39, 0.29) is 5.56 Å². The molecule has 1 heterocycles. The van der Waals surface area contributed by atoms with Crippen LogP contribution in [0.15, 0.2) is 59.5 Å². The first kappa shape index (κ1) is 21.2. The van der Waals surface area contributed by atoms with Crippen molar-refractivity contribution in [2.75, 3.05) is 12.8 Å². The molecule has 8 nitrogen and oxygen atoms in total. The van der Waals surface area contributed by atoms with E-state index in [0.29, 0.717) is 22.0 Å². The average Bonchev–Trinajstić information content (AvgIpc) is 3.08. The van der Waals surface area contributed by atoms with Gasteiger partial charge < -0.3 is 15.2 Å². The molecule has 12 heteroatoms. The van der Waals surface area contributed by atoms with Crippen LogP contribution >= 0.6 is 0 Å². The van der Waals surface area contributed by atoms with E-state index >= 15 is 0 Å². The Morgan fingerprint density at radius 3 is 2.20 bits per heavy atom. The van der Waals surface area contributed by atoms with Crippen LogP contribution in [0.3, 0.4) is 0 Å². The zero-order valence-corrected chi connectivity index (χ0v) is 16.1. The summed E-state index contributed by atoms with van der Waals surface area (Å²) in [5.41, 5.74) is 4.79. The maximum atomic E-state index is 12.7. The molecule has 0 unspecified atom stereocenters. The summed E-state index contributed by atoms with van der Waals surface area (Å²) in [4.78, 5) is 11.7. The van der Waals surface area contributed by atoms with Gasteiger partial charge in [-0.25, -0.2) is 4.79 Å². The second-order valence-electron chi connectivity index (χ2n) is 5.90. The van der Waals surface area contributed by atoms with Gasteiger partial charge in [0.05, 0.1) is 23.1 Å². The lowest BCUT2D eigenvalue weighted by Crippen LogP contribution is -2.17. The first-order chi connectivity index (χ1) is 14.0. The Hall–Kier alpha value is -3.54. The summed E-state index contributed by atoms with van der Waals surface area (Å²) in [5.74, 6) is -1.10. The van der Waals surface area contributed by atoms with E-state index in [1.807, 2.05) is 0 Å². The van der Waals surface area contributed by atoms with Crippen LogP contribution in [0.1, 0.15) is 15.9 Å². The van der Waals surface area contributed by atoms with Crippen LogP contribution in [-0.2, 0) is 16.2 Å². The highest BCUT2D eigenvalue weighted by Gasteiger charge is 2.31. The Labute approximate surface area is 168 Å². The second kappa shape index (κ2) is 7.71. The number of carbonyl (C=O) groups is 1. The predicted molar refractivity (Wildman–Crippen MR) is 98.6 cm³/mol. The summed E-state index contributed by atoms with van der Waals surface area (Å²) in [5, 5.41) is 3.64. The van der Waals surface area contributed by atoms with Gasteiger partial charge in [0.25, 0.3) is 10.0 Å². The summed E-state index contributed by atoms with van der Waals surface area (Å²) in [6.07, 6.45) is -4.62. The number of anilines is 1. The molecule has 1 aromatic heterocycles. The molecular formula is C18H14F3N3O5S. The lowest BCUT2D eigenvalue weighted by molar-refractivity contribution is -0.137. The third kappa shape index (κ3) is 4.22. The molecule has 2 aromatic carbocycles. The monoisotopic (exact) mass is 441 g/mol.